The van der Waals surface area contributed by atoms with Crippen molar-refractivity contribution in [2.75, 3.05) is 7.11 Å². The molecule has 0 amide bonds. The van der Waals surface area contributed by atoms with E-state index >= 15 is 0 Å². The lowest BCUT2D eigenvalue weighted by Crippen LogP contribution is -2.18. The molecular formula is C19H21N3O. The van der Waals surface area contributed by atoms with Gasteiger partial charge in [-0.3, -0.25) is 0 Å². The minimum atomic E-state index is 0.261. The van der Waals surface area contributed by atoms with E-state index in [2.05, 4.69) is 47.6 Å². The highest BCUT2D eigenvalue weighted by Gasteiger charge is 2.07. The average molecular weight is 307 g/mol. The first-order chi connectivity index (χ1) is 11.3. The van der Waals surface area contributed by atoms with Crippen LogP contribution in [-0.2, 0) is 6.54 Å². The van der Waals surface area contributed by atoms with Crippen LogP contribution in [-0.4, -0.2) is 16.7 Å². The number of aromatic nitrogens is 2. The number of nitrogens with zero attached hydrogens (tertiary/aromatic N) is 2. The Bertz CT molecular complexity index is 736. The van der Waals surface area contributed by atoms with E-state index in [4.69, 9.17) is 4.74 Å². The molecular weight excluding hydrogens is 286 g/mol. The summed E-state index contributed by atoms with van der Waals surface area (Å²) in [5.41, 5.74) is 3.53. The van der Waals surface area contributed by atoms with Crippen molar-refractivity contribution in [3.05, 3.63) is 78.4 Å². The number of rotatable bonds is 6. The first-order valence-corrected chi connectivity index (χ1v) is 7.71. The molecule has 0 saturated heterocycles. The van der Waals surface area contributed by atoms with E-state index < -0.39 is 0 Å². The molecule has 0 fully saturated rings. The number of imidazole rings is 1. The molecule has 0 bridgehead atoms. The van der Waals surface area contributed by atoms with Crippen molar-refractivity contribution in [1.29, 1.82) is 0 Å². The lowest BCUT2D eigenvalue weighted by atomic mass is 10.1. The van der Waals surface area contributed by atoms with E-state index in [0.717, 1.165) is 23.5 Å². The monoisotopic (exact) mass is 307 g/mol. The minimum Gasteiger partial charge on any atom is -0.496 e. The maximum absolute atomic E-state index is 5.39. The lowest BCUT2D eigenvalue weighted by molar-refractivity contribution is 0.406. The summed E-state index contributed by atoms with van der Waals surface area (Å²) in [4.78, 5) is 4.07. The smallest absolute Gasteiger partial charge is 0.123 e. The van der Waals surface area contributed by atoms with Gasteiger partial charge in [0, 0.05) is 36.2 Å². The van der Waals surface area contributed by atoms with Crippen LogP contribution in [0.5, 0.6) is 5.75 Å². The van der Waals surface area contributed by atoms with E-state index in [1.807, 2.05) is 29.0 Å². The van der Waals surface area contributed by atoms with E-state index in [0.29, 0.717) is 0 Å². The van der Waals surface area contributed by atoms with Crippen molar-refractivity contribution in [1.82, 2.24) is 14.9 Å². The molecule has 0 aliphatic heterocycles. The molecule has 4 heteroatoms. The van der Waals surface area contributed by atoms with Crippen molar-refractivity contribution in [3.8, 4) is 11.4 Å². The van der Waals surface area contributed by atoms with Gasteiger partial charge >= 0.3 is 0 Å². The maximum Gasteiger partial charge on any atom is 0.123 e. The molecule has 1 aromatic heterocycles. The Kier molecular flexibility index (Phi) is 4.74. The fourth-order valence-electron chi connectivity index (χ4n) is 2.58. The molecule has 0 saturated carbocycles. The van der Waals surface area contributed by atoms with Gasteiger partial charge in [-0.2, -0.15) is 0 Å². The highest BCUT2D eigenvalue weighted by atomic mass is 16.5. The highest BCUT2D eigenvalue weighted by molar-refractivity contribution is 5.36. The second-order valence-corrected chi connectivity index (χ2v) is 5.48. The van der Waals surface area contributed by atoms with Crippen LogP contribution >= 0.6 is 0 Å². The molecule has 4 nitrogen and oxygen atoms in total. The number of benzene rings is 2. The summed E-state index contributed by atoms with van der Waals surface area (Å²) in [6, 6.07) is 16.9. The third-order valence-corrected chi connectivity index (χ3v) is 3.99. The van der Waals surface area contributed by atoms with Gasteiger partial charge in [0.25, 0.3) is 0 Å². The molecule has 3 aromatic rings. The minimum absolute atomic E-state index is 0.261. The van der Waals surface area contributed by atoms with Gasteiger partial charge in [0.05, 0.1) is 13.4 Å². The van der Waals surface area contributed by atoms with Gasteiger partial charge in [0.1, 0.15) is 5.75 Å². The first kappa shape index (κ1) is 15.3. The average Bonchev–Trinajstić information content (AvgIpc) is 3.14. The third kappa shape index (κ3) is 3.60. The van der Waals surface area contributed by atoms with Crippen molar-refractivity contribution >= 4 is 0 Å². The Morgan fingerprint density at radius 3 is 2.61 bits per heavy atom. The molecule has 0 aliphatic carbocycles. The van der Waals surface area contributed by atoms with Gasteiger partial charge in [-0.1, -0.05) is 30.3 Å². The number of ether oxygens (including phenoxy) is 1. The van der Waals surface area contributed by atoms with E-state index in [1.165, 1.54) is 5.56 Å². The van der Waals surface area contributed by atoms with Gasteiger partial charge in [0.15, 0.2) is 0 Å². The Balaban J connectivity index is 1.65. The summed E-state index contributed by atoms with van der Waals surface area (Å²) >= 11 is 0. The fraction of sp³-hybridized carbons (Fsp3) is 0.211. The first-order valence-electron chi connectivity index (χ1n) is 7.71. The molecule has 23 heavy (non-hydrogen) atoms. The van der Waals surface area contributed by atoms with E-state index in [-0.39, 0.29) is 6.04 Å². The van der Waals surface area contributed by atoms with Gasteiger partial charge < -0.3 is 14.6 Å². The predicted octanol–water partition coefficient (Wildman–Crippen LogP) is 3.73. The van der Waals surface area contributed by atoms with E-state index in [9.17, 15) is 0 Å². The quantitative estimate of drug-likeness (QED) is 0.754. The normalized spacial score (nSPS) is 12.1. The van der Waals surface area contributed by atoms with Crippen LogP contribution in [0.25, 0.3) is 5.69 Å². The zero-order valence-corrected chi connectivity index (χ0v) is 13.4. The number of methoxy groups -OCH3 is 1. The van der Waals surface area contributed by atoms with Crippen LogP contribution in [0, 0.1) is 0 Å². The molecule has 1 N–H and O–H groups in total. The topological polar surface area (TPSA) is 39.1 Å². The standard InChI is InChI=1S/C19H21N3O/c1-15(21-13-17-5-3-4-6-19(17)23-2)16-7-9-18(10-8-16)22-12-11-20-14-22/h3-12,14-15,21H,13H2,1-2H3/t15-/m1/s1. The molecule has 0 spiro atoms. The van der Waals surface area contributed by atoms with E-state index in [1.54, 1.807) is 19.6 Å². The van der Waals surface area contributed by atoms with Crippen molar-refractivity contribution in [2.45, 2.75) is 19.5 Å². The largest absolute Gasteiger partial charge is 0.496 e. The Labute approximate surface area is 136 Å². The van der Waals surface area contributed by atoms with Crippen LogP contribution in [0.1, 0.15) is 24.1 Å². The maximum atomic E-state index is 5.39. The van der Waals surface area contributed by atoms with Gasteiger partial charge in [-0.25, -0.2) is 4.98 Å². The molecule has 0 aliphatic rings. The predicted molar refractivity (Wildman–Crippen MR) is 91.8 cm³/mol. The van der Waals surface area contributed by atoms with Crippen LogP contribution < -0.4 is 10.1 Å². The summed E-state index contributed by atoms with van der Waals surface area (Å²) in [7, 11) is 1.71. The van der Waals surface area contributed by atoms with Crippen molar-refractivity contribution in [2.24, 2.45) is 0 Å². The summed E-state index contributed by atoms with van der Waals surface area (Å²) in [6.45, 7) is 2.94. The van der Waals surface area contributed by atoms with Crippen LogP contribution in [0.4, 0.5) is 0 Å². The summed E-state index contributed by atoms with van der Waals surface area (Å²) in [6.07, 6.45) is 5.53. The molecule has 1 heterocycles. The number of hydrogen-bond acceptors (Lipinski definition) is 3. The summed E-state index contributed by atoms with van der Waals surface area (Å²) in [5.74, 6) is 0.919. The zero-order chi connectivity index (χ0) is 16.1. The molecule has 0 unspecified atom stereocenters. The Hall–Kier alpha value is -2.59. The van der Waals surface area contributed by atoms with Crippen LogP contribution in [0.15, 0.2) is 67.3 Å². The fourth-order valence-corrected chi connectivity index (χ4v) is 2.58. The second kappa shape index (κ2) is 7.11. The van der Waals surface area contributed by atoms with Crippen molar-refractivity contribution in [3.63, 3.8) is 0 Å². The summed E-state index contributed by atoms with van der Waals surface area (Å²) in [5, 5.41) is 3.54. The Morgan fingerprint density at radius 2 is 1.91 bits per heavy atom. The van der Waals surface area contributed by atoms with Crippen LogP contribution in [0.3, 0.4) is 0 Å². The molecule has 0 radical (unpaired) electrons. The van der Waals surface area contributed by atoms with Crippen molar-refractivity contribution < 1.29 is 4.74 Å². The zero-order valence-electron chi connectivity index (χ0n) is 13.4. The SMILES string of the molecule is COc1ccccc1CN[C@H](C)c1ccc(-n2ccnc2)cc1. The number of nitrogens with one attached hydrogen (secondary N) is 1. The van der Waals surface area contributed by atoms with Crippen LogP contribution in [0.2, 0.25) is 0 Å². The molecule has 2 aromatic carbocycles. The Morgan fingerprint density at radius 1 is 1.13 bits per heavy atom. The number of para-hydroxylation sites is 1. The summed E-state index contributed by atoms with van der Waals surface area (Å²) < 4.78 is 7.39. The van der Waals surface area contributed by atoms with Gasteiger partial charge in [0.2, 0.25) is 0 Å². The van der Waals surface area contributed by atoms with Gasteiger partial charge in [-0.05, 0) is 30.7 Å². The lowest BCUT2D eigenvalue weighted by Gasteiger charge is -2.16. The third-order valence-electron chi connectivity index (χ3n) is 3.99. The molecule has 3 rings (SSSR count). The second-order valence-electron chi connectivity index (χ2n) is 5.48. The molecule has 118 valence electrons. The van der Waals surface area contributed by atoms with Gasteiger partial charge in [-0.15, -0.1) is 0 Å². The highest BCUT2D eigenvalue weighted by Crippen LogP contribution is 2.20. The molecule has 1 atom stereocenters. The number of hydrogen-bond donors (Lipinski definition) is 1.